The zero-order chi connectivity index (χ0) is 27.7. The predicted octanol–water partition coefficient (Wildman–Crippen LogP) is 8.17. The Morgan fingerprint density at radius 3 is 2.22 bits per heavy atom. The zero-order valence-electron chi connectivity index (χ0n) is 22.8. The van der Waals surface area contributed by atoms with Crippen molar-refractivity contribution in [2.24, 2.45) is 0 Å². The number of hydrogen-bond acceptors (Lipinski definition) is 6. The summed E-state index contributed by atoms with van der Waals surface area (Å²) in [5.41, 5.74) is 0. The van der Waals surface area contributed by atoms with Crippen LogP contribution in [0.5, 0.6) is 5.75 Å². The molecular weight excluding hydrogens is 535 g/mol. The summed E-state index contributed by atoms with van der Waals surface area (Å²) in [6.07, 6.45) is 8.91. The van der Waals surface area contributed by atoms with E-state index in [9.17, 15) is 19.4 Å². The van der Waals surface area contributed by atoms with E-state index in [-0.39, 0.29) is 6.61 Å². The third-order valence-corrected chi connectivity index (χ3v) is 9.55. The molecule has 214 valence electrons. The van der Waals surface area contributed by atoms with Crippen molar-refractivity contribution in [2.45, 2.75) is 109 Å². The number of benzene rings is 1. The Hall–Kier alpha value is -0.760. The molecule has 7 nitrogen and oxygen atoms in total. The number of rotatable bonds is 22. The van der Waals surface area contributed by atoms with Crippen molar-refractivity contribution in [3.63, 3.8) is 0 Å². The molecule has 1 aromatic carbocycles. The van der Waals surface area contributed by atoms with Crippen LogP contribution in [0.3, 0.4) is 0 Å². The average Bonchev–Trinajstić information content (AvgIpc) is 2.85. The van der Waals surface area contributed by atoms with E-state index in [0.29, 0.717) is 23.6 Å². The molecule has 0 saturated carbocycles. The van der Waals surface area contributed by atoms with Crippen molar-refractivity contribution in [1.82, 2.24) is 0 Å². The molecule has 4 unspecified atom stereocenters. The van der Waals surface area contributed by atoms with Crippen LogP contribution in [0.25, 0.3) is 0 Å². The highest BCUT2D eigenvalue weighted by molar-refractivity contribution is 7.99. The standard InChI is InChI=1S/C27H46ClO7PS/c1-5-7-12-20-37-21-13-10-8-9-11-14-25(34-24-17-15-23(28)16-18-24)22(3)35-36(31,32)27(4,26(29)30)33-19-6-2/h15-18,22,25H,5-14,19-21H2,1-4H3,(H,29,30)(H,31,32). The van der Waals surface area contributed by atoms with Crippen LogP contribution in [-0.2, 0) is 18.6 Å². The SMILES string of the molecule is CCCCCSCCCCCCCC(Oc1ccc(Cl)cc1)C(C)OP(=O)(O)C(C)(OCCC)C(=O)O. The van der Waals surface area contributed by atoms with Gasteiger partial charge in [-0.25, -0.2) is 4.79 Å². The summed E-state index contributed by atoms with van der Waals surface area (Å²) in [5, 5.41) is 7.85. The Bertz CT molecular complexity index is 810. The normalized spacial score (nSPS) is 16.5. The number of ether oxygens (including phenoxy) is 2. The number of carboxylic acids is 1. The maximum Gasteiger partial charge on any atom is 0.371 e. The summed E-state index contributed by atoms with van der Waals surface area (Å²) in [5.74, 6) is 1.46. The predicted molar refractivity (Wildman–Crippen MR) is 153 cm³/mol. The number of carbonyl (C=O) groups is 1. The highest BCUT2D eigenvalue weighted by atomic mass is 35.5. The molecule has 10 heteroatoms. The van der Waals surface area contributed by atoms with Gasteiger partial charge in [0.2, 0.25) is 0 Å². The maximum absolute atomic E-state index is 13.1. The van der Waals surface area contributed by atoms with Crippen LogP contribution in [0.4, 0.5) is 0 Å². The Balaban J connectivity index is 2.70. The van der Waals surface area contributed by atoms with Gasteiger partial charge < -0.3 is 19.5 Å². The number of carboxylic acid groups (broad SMARTS) is 1. The minimum atomic E-state index is -4.72. The van der Waals surface area contributed by atoms with Gasteiger partial charge in [0.25, 0.3) is 5.34 Å². The van der Waals surface area contributed by atoms with Crippen LogP contribution in [0.15, 0.2) is 24.3 Å². The lowest BCUT2D eigenvalue weighted by Crippen LogP contribution is -2.41. The monoisotopic (exact) mass is 580 g/mol. The van der Waals surface area contributed by atoms with Gasteiger partial charge in [0.1, 0.15) is 18.0 Å². The molecule has 0 heterocycles. The molecule has 2 N–H and O–H groups in total. The molecule has 0 spiro atoms. The van der Waals surface area contributed by atoms with E-state index in [1.54, 1.807) is 38.1 Å². The van der Waals surface area contributed by atoms with E-state index in [0.717, 1.165) is 26.2 Å². The molecule has 0 aliphatic heterocycles. The van der Waals surface area contributed by atoms with E-state index < -0.39 is 31.1 Å². The van der Waals surface area contributed by atoms with Crippen LogP contribution in [0.1, 0.15) is 91.9 Å². The first kappa shape index (κ1) is 34.3. The molecule has 4 atom stereocenters. The Labute approximate surface area is 232 Å². The summed E-state index contributed by atoms with van der Waals surface area (Å²) in [7, 11) is -4.72. The minimum absolute atomic E-state index is 0.0209. The van der Waals surface area contributed by atoms with Gasteiger partial charge in [0.15, 0.2) is 0 Å². The van der Waals surface area contributed by atoms with Gasteiger partial charge in [-0.1, -0.05) is 57.6 Å². The second-order valence-corrected chi connectivity index (χ2v) is 13.2. The van der Waals surface area contributed by atoms with Crippen molar-refractivity contribution in [3.05, 3.63) is 29.3 Å². The van der Waals surface area contributed by atoms with Crippen LogP contribution >= 0.6 is 31.0 Å². The van der Waals surface area contributed by atoms with Gasteiger partial charge in [0.05, 0.1) is 0 Å². The lowest BCUT2D eigenvalue weighted by molar-refractivity contribution is -0.155. The first-order valence-electron chi connectivity index (χ1n) is 13.5. The largest absolute Gasteiger partial charge is 0.488 e. The van der Waals surface area contributed by atoms with E-state index in [2.05, 4.69) is 6.92 Å². The molecule has 0 amide bonds. The summed E-state index contributed by atoms with van der Waals surface area (Å²) in [6.45, 7) is 6.74. The molecule has 0 aliphatic rings. The number of thioether (sulfide) groups is 1. The van der Waals surface area contributed by atoms with Crippen molar-refractivity contribution in [2.75, 3.05) is 18.1 Å². The lowest BCUT2D eigenvalue weighted by Gasteiger charge is -2.33. The number of hydrogen-bond donors (Lipinski definition) is 2. The summed E-state index contributed by atoms with van der Waals surface area (Å²) in [4.78, 5) is 22.5. The van der Waals surface area contributed by atoms with Gasteiger partial charge in [-0.2, -0.15) is 11.8 Å². The number of unbranched alkanes of at least 4 members (excludes halogenated alkanes) is 6. The van der Waals surface area contributed by atoms with Crippen molar-refractivity contribution in [3.8, 4) is 5.75 Å². The molecule has 0 aromatic heterocycles. The van der Waals surface area contributed by atoms with E-state index in [1.165, 1.54) is 43.6 Å². The van der Waals surface area contributed by atoms with Crippen LogP contribution in [0, 0.1) is 0 Å². The third kappa shape index (κ3) is 12.8. The average molecular weight is 581 g/mol. The Morgan fingerprint density at radius 2 is 1.62 bits per heavy atom. The van der Waals surface area contributed by atoms with Crippen LogP contribution in [0.2, 0.25) is 5.02 Å². The Morgan fingerprint density at radius 1 is 1.03 bits per heavy atom. The fourth-order valence-electron chi connectivity index (χ4n) is 3.67. The van der Waals surface area contributed by atoms with Crippen molar-refractivity contribution < 1.29 is 33.4 Å². The van der Waals surface area contributed by atoms with Gasteiger partial charge in [0, 0.05) is 11.6 Å². The van der Waals surface area contributed by atoms with E-state index in [1.807, 2.05) is 11.8 Å². The smallest absolute Gasteiger partial charge is 0.371 e. The van der Waals surface area contributed by atoms with Gasteiger partial charge >= 0.3 is 13.6 Å². The van der Waals surface area contributed by atoms with Crippen LogP contribution in [-0.4, -0.2) is 51.6 Å². The second-order valence-electron chi connectivity index (χ2n) is 9.45. The quantitative estimate of drug-likeness (QED) is 0.105. The van der Waals surface area contributed by atoms with Gasteiger partial charge in [-0.05, 0) is 81.7 Å². The summed E-state index contributed by atoms with van der Waals surface area (Å²) in [6, 6.07) is 6.86. The van der Waals surface area contributed by atoms with Crippen molar-refractivity contribution >= 4 is 36.9 Å². The molecule has 0 bridgehead atoms. The topological polar surface area (TPSA) is 102 Å². The van der Waals surface area contributed by atoms with Crippen molar-refractivity contribution in [1.29, 1.82) is 0 Å². The molecule has 0 aliphatic carbocycles. The lowest BCUT2D eigenvalue weighted by atomic mass is 10.1. The molecular formula is C27H46ClO7PS. The third-order valence-electron chi connectivity index (χ3n) is 6.13. The molecule has 0 saturated heterocycles. The first-order valence-corrected chi connectivity index (χ1v) is 16.6. The van der Waals surface area contributed by atoms with Crippen LogP contribution < -0.4 is 4.74 Å². The molecule has 1 rings (SSSR count). The fraction of sp³-hybridized carbons (Fsp3) is 0.741. The van der Waals surface area contributed by atoms with E-state index >= 15 is 0 Å². The Kier molecular flexibility index (Phi) is 17.1. The summed E-state index contributed by atoms with van der Waals surface area (Å²) < 4.78 is 30.0. The molecule has 37 heavy (non-hydrogen) atoms. The zero-order valence-corrected chi connectivity index (χ0v) is 25.3. The summed E-state index contributed by atoms with van der Waals surface area (Å²) >= 11 is 8.02. The highest BCUT2D eigenvalue weighted by Gasteiger charge is 2.54. The first-order chi connectivity index (χ1) is 17.6. The molecule has 0 fully saturated rings. The van der Waals surface area contributed by atoms with Gasteiger partial charge in [-0.3, -0.25) is 9.09 Å². The molecule has 0 radical (unpaired) electrons. The number of halogens is 1. The number of aliphatic carboxylic acids is 1. The van der Waals surface area contributed by atoms with E-state index in [4.69, 9.17) is 25.6 Å². The molecule has 1 aromatic rings. The van der Waals surface area contributed by atoms with Gasteiger partial charge in [-0.15, -0.1) is 0 Å². The highest BCUT2D eigenvalue weighted by Crippen LogP contribution is 2.57. The minimum Gasteiger partial charge on any atom is -0.488 e. The second kappa shape index (κ2) is 18.5. The maximum atomic E-state index is 13.1. The fourth-order valence-corrected chi connectivity index (χ4v) is 6.10.